The van der Waals surface area contributed by atoms with Crippen LogP contribution < -0.4 is 9.64 Å². The van der Waals surface area contributed by atoms with Gasteiger partial charge >= 0.3 is 5.97 Å². The standard InChI is InChI=1S/C18H12ClNO3S2/c1-11(21)23-15-7-5-12(6-8-15)9-16-17(22)20(18(24)25-16)14-4-2-3-13(19)10-14/h2-10H,1H3. The fourth-order valence-corrected chi connectivity index (χ4v) is 3.74. The van der Waals surface area contributed by atoms with Gasteiger partial charge in [-0.2, -0.15) is 0 Å². The van der Waals surface area contributed by atoms with E-state index in [1.54, 1.807) is 54.6 Å². The lowest BCUT2D eigenvalue weighted by atomic mass is 10.2. The van der Waals surface area contributed by atoms with Crippen molar-refractivity contribution in [1.82, 2.24) is 0 Å². The van der Waals surface area contributed by atoms with Gasteiger partial charge in [0.25, 0.3) is 5.91 Å². The van der Waals surface area contributed by atoms with Gasteiger partial charge in [-0.05, 0) is 42.0 Å². The average molecular weight is 390 g/mol. The Kier molecular flexibility index (Phi) is 5.22. The highest BCUT2D eigenvalue weighted by Gasteiger charge is 2.33. The van der Waals surface area contributed by atoms with Crippen LogP contribution in [0.25, 0.3) is 6.08 Å². The van der Waals surface area contributed by atoms with Crippen molar-refractivity contribution < 1.29 is 14.3 Å². The summed E-state index contributed by atoms with van der Waals surface area (Å²) in [5, 5.41) is 0.539. The van der Waals surface area contributed by atoms with Crippen LogP contribution in [0.1, 0.15) is 12.5 Å². The number of carbonyl (C=O) groups is 2. The van der Waals surface area contributed by atoms with E-state index >= 15 is 0 Å². The minimum absolute atomic E-state index is 0.193. The quantitative estimate of drug-likeness (QED) is 0.330. The number of nitrogens with zero attached hydrogens (tertiary/aromatic N) is 1. The molecule has 126 valence electrons. The van der Waals surface area contributed by atoms with Crippen LogP contribution in [0.4, 0.5) is 5.69 Å². The van der Waals surface area contributed by atoms with Crippen molar-refractivity contribution in [2.24, 2.45) is 0 Å². The molecular weight excluding hydrogens is 378 g/mol. The van der Waals surface area contributed by atoms with Crippen molar-refractivity contribution in [3.63, 3.8) is 0 Å². The molecule has 1 aliphatic heterocycles. The topological polar surface area (TPSA) is 46.6 Å². The number of thiocarbonyl (C=S) groups is 1. The van der Waals surface area contributed by atoms with Gasteiger partial charge in [0.2, 0.25) is 0 Å². The molecule has 0 bridgehead atoms. The van der Waals surface area contributed by atoms with E-state index in [0.29, 0.717) is 25.7 Å². The van der Waals surface area contributed by atoms with Crippen LogP contribution in [0.2, 0.25) is 5.02 Å². The number of benzene rings is 2. The molecule has 1 saturated heterocycles. The van der Waals surface area contributed by atoms with Crippen molar-refractivity contribution in [2.45, 2.75) is 6.92 Å². The Morgan fingerprint density at radius 2 is 1.96 bits per heavy atom. The summed E-state index contributed by atoms with van der Waals surface area (Å²) in [4.78, 5) is 25.6. The van der Waals surface area contributed by atoms with Crippen LogP contribution in [0, 0.1) is 0 Å². The second-order valence-electron chi connectivity index (χ2n) is 5.16. The number of amides is 1. The summed E-state index contributed by atoms with van der Waals surface area (Å²) in [5.41, 5.74) is 1.45. The van der Waals surface area contributed by atoms with E-state index in [9.17, 15) is 9.59 Å². The van der Waals surface area contributed by atoms with Gasteiger partial charge in [-0.3, -0.25) is 14.5 Å². The van der Waals surface area contributed by atoms with E-state index in [1.165, 1.54) is 23.6 Å². The molecule has 4 nitrogen and oxygen atoms in total. The van der Waals surface area contributed by atoms with Crippen molar-refractivity contribution in [3.8, 4) is 5.75 Å². The number of ether oxygens (including phenoxy) is 1. The molecule has 0 unspecified atom stereocenters. The van der Waals surface area contributed by atoms with Crippen molar-refractivity contribution in [2.75, 3.05) is 4.90 Å². The smallest absolute Gasteiger partial charge is 0.308 e. The third kappa shape index (κ3) is 4.10. The molecule has 0 spiro atoms. The second-order valence-corrected chi connectivity index (χ2v) is 7.27. The van der Waals surface area contributed by atoms with Gasteiger partial charge in [0, 0.05) is 11.9 Å². The Morgan fingerprint density at radius 1 is 1.24 bits per heavy atom. The Bertz CT molecular complexity index is 893. The SMILES string of the molecule is CC(=O)Oc1ccc(C=C2SC(=S)N(c3cccc(Cl)c3)C2=O)cc1. The van der Waals surface area contributed by atoms with Gasteiger partial charge in [-0.1, -0.05) is 53.8 Å². The van der Waals surface area contributed by atoms with Gasteiger partial charge in [0.05, 0.1) is 10.6 Å². The molecule has 1 aliphatic rings. The number of hydrogen-bond acceptors (Lipinski definition) is 5. The number of rotatable bonds is 3. The van der Waals surface area contributed by atoms with E-state index in [1.807, 2.05) is 0 Å². The molecule has 25 heavy (non-hydrogen) atoms. The normalized spacial score (nSPS) is 15.8. The molecule has 2 aromatic rings. The van der Waals surface area contributed by atoms with Gasteiger partial charge in [0.1, 0.15) is 5.75 Å². The van der Waals surface area contributed by atoms with E-state index in [2.05, 4.69) is 0 Å². The highest BCUT2D eigenvalue weighted by atomic mass is 35.5. The molecule has 7 heteroatoms. The summed E-state index contributed by atoms with van der Waals surface area (Å²) < 4.78 is 5.44. The summed E-state index contributed by atoms with van der Waals surface area (Å²) in [5.74, 6) is -0.118. The summed E-state index contributed by atoms with van der Waals surface area (Å²) in [6.07, 6.45) is 1.75. The average Bonchev–Trinajstić information content (AvgIpc) is 2.83. The van der Waals surface area contributed by atoms with Gasteiger partial charge in [-0.25, -0.2) is 0 Å². The molecule has 2 aromatic carbocycles. The van der Waals surface area contributed by atoms with Crippen molar-refractivity contribution in [3.05, 3.63) is 64.0 Å². The van der Waals surface area contributed by atoms with Gasteiger partial charge < -0.3 is 4.74 Å². The molecule has 1 fully saturated rings. The largest absolute Gasteiger partial charge is 0.427 e. The molecule has 0 aromatic heterocycles. The maximum atomic E-state index is 12.7. The Hall–Kier alpha value is -2.15. The number of esters is 1. The van der Waals surface area contributed by atoms with Gasteiger partial charge in [0.15, 0.2) is 4.32 Å². The van der Waals surface area contributed by atoms with Crippen LogP contribution in [-0.2, 0) is 9.59 Å². The molecule has 1 heterocycles. The second kappa shape index (κ2) is 7.39. The number of anilines is 1. The first-order valence-electron chi connectivity index (χ1n) is 7.26. The number of hydrogen-bond donors (Lipinski definition) is 0. The lowest BCUT2D eigenvalue weighted by Gasteiger charge is -2.14. The molecule has 0 aliphatic carbocycles. The molecule has 0 N–H and O–H groups in total. The van der Waals surface area contributed by atoms with Crippen molar-refractivity contribution >= 4 is 63.5 Å². The molecular formula is C18H12ClNO3S2. The predicted octanol–water partition coefficient (Wildman–Crippen LogP) is 4.67. The predicted molar refractivity (Wildman–Crippen MR) is 105 cm³/mol. The first-order chi connectivity index (χ1) is 11.9. The van der Waals surface area contributed by atoms with Gasteiger partial charge in [-0.15, -0.1) is 0 Å². The first kappa shape index (κ1) is 17.7. The minimum Gasteiger partial charge on any atom is -0.427 e. The van der Waals surface area contributed by atoms with Crippen molar-refractivity contribution in [1.29, 1.82) is 0 Å². The summed E-state index contributed by atoms with van der Waals surface area (Å²) >= 11 is 12.6. The summed E-state index contributed by atoms with van der Waals surface area (Å²) in [6.45, 7) is 1.34. The van der Waals surface area contributed by atoms with E-state index in [0.717, 1.165) is 5.56 Å². The fourth-order valence-electron chi connectivity index (χ4n) is 2.25. The lowest BCUT2D eigenvalue weighted by Crippen LogP contribution is -2.27. The zero-order chi connectivity index (χ0) is 18.0. The van der Waals surface area contributed by atoms with Crippen LogP contribution in [0.5, 0.6) is 5.75 Å². The maximum Gasteiger partial charge on any atom is 0.308 e. The van der Waals surface area contributed by atoms with E-state index in [-0.39, 0.29) is 11.9 Å². The zero-order valence-corrected chi connectivity index (χ0v) is 15.5. The van der Waals surface area contributed by atoms with Crippen LogP contribution in [-0.4, -0.2) is 16.2 Å². The Balaban J connectivity index is 1.84. The fraction of sp³-hybridized carbons (Fsp3) is 0.0556. The van der Waals surface area contributed by atoms with Crippen LogP contribution >= 0.6 is 35.6 Å². The highest BCUT2D eigenvalue weighted by Crippen LogP contribution is 2.36. The van der Waals surface area contributed by atoms with Crippen LogP contribution in [0.3, 0.4) is 0 Å². The minimum atomic E-state index is -0.379. The number of thioether (sulfide) groups is 1. The Morgan fingerprint density at radius 3 is 2.60 bits per heavy atom. The molecule has 0 atom stereocenters. The Labute approximate surface area is 159 Å². The van der Waals surface area contributed by atoms with E-state index < -0.39 is 0 Å². The lowest BCUT2D eigenvalue weighted by molar-refractivity contribution is -0.131. The molecule has 0 radical (unpaired) electrons. The third-order valence-electron chi connectivity index (χ3n) is 3.30. The molecule has 0 saturated carbocycles. The van der Waals surface area contributed by atoms with Crippen LogP contribution in [0.15, 0.2) is 53.4 Å². The highest BCUT2D eigenvalue weighted by molar-refractivity contribution is 8.27. The molecule has 1 amide bonds. The number of carbonyl (C=O) groups excluding carboxylic acids is 2. The zero-order valence-electron chi connectivity index (χ0n) is 13.1. The molecule has 3 rings (SSSR count). The third-order valence-corrected chi connectivity index (χ3v) is 4.84. The monoisotopic (exact) mass is 389 g/mol. The van der Waals surface area contributed by atoms with E-state index in [4.69, 9.17) is 28.6 Å². The summed E-state index contributed by atoms with van der Waals surface area (Å²) in [7, 11) is 0. The maximum absolute atomic E-state index is 12.7. The first-order valence-corrected chi connectivity index (χ1v) is 8.86. The number of halogens is 1. The summed E-state index contributed by atoms with van der Waals surface area (Å²) in [6, 6.07) is 13.9.